The topological polar surface area (TPSA) is 134 Å². The van der Waals surface area contributed by atoms with Gasteiger partial charge < -0.3 is 20.1 Å². The Morgan fingerprint density at radius 3 is 1.82 bits per heavy atom. The van der Waals surface area contributed by atoms with Crippen molar-refractivity contribution in [1.29, 1.82) is 0 Å². The number of rotatable bonds is 24. The Hall–Kier alpha value is -0.990. The van der Waals surface area contributed by atoms with Gasteiger partial charge in [-0.25, -0.2) is 4.57 Å². The van der Waals surface area contributed by atoms with Gasteiger partial charge in [0.25, 0.3) is 0 Å². The molecule has 0 bridgehead atoms. The van der Waals surface area contributed by atoms with Gasteiger partial charge in [-0.15, -0.1) is 0 Å². The van der Waals surface area contributed by atoms with Gasteiger partial charge >= 0.3 is 19.8 Å². The third-order valence-electron chi connectivity index (χ3n) is 5.30. The molecular formula is C24H48NO8P. The molecule has 0 spiro atoms. The number of unbranched alkanes of at least 4 members (excludes halogenated alkanes) is 12. The van der Waals surface area contributed by atoms with E-state index in [2.05, 4.69) is 11.4 Å². The summed E-state index contributed by atoms with van der Waals surface area (Å²) in [7, 11) is -4.32. The third kappa shape index (κ3) is 21.5. The number of phosphoric acid groups is 1. The van der Waals surface area contributed by atoms with Crippen LogP contribution in [0.15, 0.2) is 0 Å². The number of hydrogen-bond donors (Lipinski definition) is 2. The van der Waals surface area contributed by atoms with E-state index in [4.69, 9.17) is 19.7 Å². The summed E-state index contributed by atoms with van der Waals surface area (Å²) < 4.78 is 31.6. The number of carbonyl (C=O) groups is 2. The van der Waals surface area contributed by atoms with Crippen LogP contribution >= 0.6 is 7.82 Å². The van der Waals surface area contributed by atoms with Crippen LogP contribution in [0.2, 0.25) is 0 Å². The van der Waals surface area contributed by atoms with Gasteiger partial charge in [0.1, 0.15) is 6.61 Å². The van der Waals surface area contributed by atoms with E-state index in [1.807, 2.05) is 0 Å². The van der Waals surface area contributed by atoms with Crippen molar-refractivity contribution >= 4 is 19.8 Å². The number of nitrogens with two attached hydrogens (primary N) is 1. The van der Waals surface area contributed by atoms with E-state index in [-0.39, 0.29) is 32.6 Å². The first kappa shape index (κ1) is 33.0. The second-order valence-electron chi connectivity index (χ2n) is 8.53. The summed E-state index contributed by atoms with van der Waals surface area (Å²) in [5.74, 6) is -0.927. The maximum Gasteiger partial charge on any atom is 0.472 e. The highest BCUT2D eigenvalue weighted by Gasteiger charge is 2.25. The van der Waals surface area contributed by atoms with Gasteiger partial charge in [-0.1, -0.05) is 90.9 Å². The highest BCUT2D eigenvalue weighted by molar-refractivity contribution is 7.47. The predicted octanol–water partition coefficient (Wildman–Crippen LogP) is 5.43. The van der Waals surface area contributed by atoms with E-state index in [1.165, 1.54) is 64.2 Å². The molecule has 0 aromatic heterocycles. The number of hydrogen-bond acceptors (Lipinski definition) is 8. The lowest BCUT2D eigenvalue weighted by Crippen LogP contribution is -2.29. The smallest absolute Gasteiger partial charge is 0.462 e. The standard InChI is InChI=1S/C24H48NO8P/c1-3-5-6-7-8-9-10-11-12-13-14-15-16-17-24(27)33-22(20-30-23(26)4-2)21-32-34(28,29)31-19-18-25/h22H,3-21,25H2,1-2H3,(H,28,29)/t22-/m0/s1. The molecule has 0 fully saturated rings. The quantitative estimate of drug-likeness (QED) is 0.0992. The first-order chi connectivity index (χ1) is 16.3. The van der Waals surface area contributed by atoms with E-state index >= 15 is 0 Å². The fourth-order valence-electron chi connectivity index (χ4n) is 3.32. The van der Waals surface area contributed by atoms with Crippen LogP contribution in [0.1, 0.15) is 110 Å². The zero-order valence-electron chi connectivity index (χ0n) is 21.3. The Bertz CT molecular complexity index is 561. The highest BCUT2D eigenvalue weighted by atomic mass is 31.2. The van der Waals surface area contributed by atoms with Crippen molar-refractivity contribution in [3.05, 3.63) is 0 Å². The lowest BCUT2D eigenvalue weighted by molar-refractivity contribution is -0.161. The van der Waals surface area contributed by atoms with Crippen LogP contribution in [0.3, 0.4) is 0 Å². The van der Waals surface area contributed by atoms with Gasteiger partial charge in [-0.05, 0) is 6.42 Å². The van der Waals surface area contributed by atoms with Crippen molar-refractivity contribution in [3.63, 3.8) is 0 Å². The van der Waals surface area contributed by atoms with Crippen LogP contribution in [0.5, 0.6) is 0 Å². The Balaban J connectivity index is 4.02. The van der Waals surface area contributed by atoms with Crippen LogP contribution in [0, 0.1) is 0 Å². The molecule has 0 aliphatic carbocycles. The third-order valence-corrected chi connectivity index (χ3v) is 6.28. The molecule has 34 heavy (non-hydrogen) atoms. The molecule has 0 saturated heterocycles. The number of esters is 2. The molecular weight excluding hydrogens is 461 g/mol. The van der Waals surface area contributed by atoms with Crippen LogP contribution in [0.25, 0.3) is 0 Å². The minimum atomic E-state index is -4.32. The van der Waals surface area contributed by atoms with E-state index in [0.717, 1.165) is 12.8 Å². The molecule has 0 rings (SSSR count). The lowest BCUT2D eigenvalue weighted by Gasteiger charge is -2.19. The van der Waals surface area contributed by atoms with Crippen LogP contribution in [0.4, 0.5) is 0 Å². The van der Waals surface area contributed by atoms with Crippen LogP contribution in [-0.4, -0.2) is 49.3 Å². The van der Waals surface area contributed by atoms with Gasteiger partial charge in [0, 0.05) is 19.4 Å². The second kappa shape index (κ2) is 22.5. The summed E-state index contributed by atoms with van der Waals surface area (Å²) >= 11 is 0. The summed E-state index contributed by atoms with van der Waals surface area (Å²) in [5.41, 5.74) is 5.24. The lowest BCUT2D eigenvalue weighted by atomic mass is 10.0. The zero-order chi connectivity index (χ0) is 25.5. The molecule has 1 unspecified atom stereocenters. The van der Waals surface area contributed by atoms with Gasteiger partial charge in [0.15, 0.2) is 6.10 Å². The average molecular weight is 510 g/mol. The Morgan fingerprint density at radius 1 is 0.794 bits per heavy atom. The number of ether oxygens (including phenoxy) is 2. The van der Waals surface area contributed by atoms with Crippen molar-refractivity contribution in [3.8, 4) is 0 Å². The van der Waals surface area contributed by atoms with Gasteiger partial charge in [0.05, 0.1) is 13.2 Å². The van der Waals surface area contributed by atoms with Crippen LogP contribution < -0.4 is 5.73 Å². The van der Waals surface area contributed by atoms with Crippen molar-refractivity contribution in [2.45, 2.75) is 116 Å². The second-order valence-corrected chi connectivity index (χ2v) is 9.98. The minimum Gasteiger partial charge on any atom is -0.462 e. The fourth-order valence-corrected chi connectivity index (χ4v) is 4.08. The monoisotopic (exact) mass is 509 g/mol. The van der Waals surface area contributed by atoms with Crippen molar-refractivity contribution < 1.29 is 37.6 Å². The van der Waals surface area contributed by atoms with Gasteiger partial charge in [0.2, 0.25) is 0 Å². The van der Waals surface area contributed by atoms with E-state index < -0.39 is 32.5 Å². The molecule has 0 radical (unpaired) electrons. The first-order valence-electron chi connectivity index (χ1n) is 13.0. The molecule has 0 amide bonds. The molecule has 0 aromatic rings. The zero-order valence-corrected chi connectivity index (χ0v) is 22.2. The number of carbonyl (C=O) groups excluding carboxylic acids is 2. The van der Waals surface area contributed by atoms with Gasteiger partial charge in [-0.3, -0.25) is 18.6 Å². The van der Waals surface area contributed by atoms with Crippen molar-refractivity contribution in [2.75, 3.05) is 26.4 Å². The largest absolute Gasteiger partial charge is 0.472 e. The molecule has 0 heterocycles. The summed E-state index contributed by atoms with van der Waals surface area (Å²) in [5, 5.41) is 0. The Morgan fingerprint density at radius 2 is 1.32 bits per heavy atom. The fraction of sp³-hybridized carbons (Fsp3) is 0.917. The summed E-state index contributed by atoms with van der Waals surface area (Å²) in [4.78, 5) is 33.2. The van der Waals surface area contributed by atoms with Crippen molar-refractivity contribution in [1.82, 2.24) is 0 Å². The maximum atomic E-state index is 12.2. The minimum absolute atomic E-state index is 0.0551. The summed E-state index contributed by atoms with van der Waals surface area (Å²) in [6.45, 7) is 3.09. The molecule has 10 heteroatoms. The Labute approximate surface area is 206 Å². The SMILES string of the molecule is CCCCCCCCCCCCCCCC(=O)O[C@@H](COC(=O)CC)COP(=O)(O)OCCN. The van der Waals surface area contributed by atoms with E-state index in [0.29, 0.717) is 6.42 Å². The highest BCUT2D eigenvalue weighted by Crippen LogP contribution is 2.43. The normalized spacial score (nSPS) is 13.9. The van der Waals surface area contributed by atoms with E-state index in [9.17, 15) is 19.0 Å². The molecule has 0 aromatic carbocycles. The maximum absolute atomic E-state index is 12.2. The average Bonchev–Trinajstić information content (AvgIpc) is 2.82. The summed E-state index contributed by atoms with van der Waals surface area (Å²) in [6, 6.07) is 0. The summed E-state index contributed by atoms with van der Waals surface area (Å²) in [6.07, 6.45) is 15.2. The molecule has 202 valence electrons. The molecule has 9 nitrogen and oxygen atoms in total. The number of phosphoric ester groups is 1. The molecule has 0 aliphatic rings. The van der Waals surface area contributed by atoms with E-state index in [1.54, 1.807) is 6.92 Å². The first-order valence-corrected chi connectivity index (χ1v) is 14.5. The van der Waals surface area contributed by atoms with Gasteiger partial charge in [-0.2, -0.15) is 0 Å². The van der Waals surface area contributed by atoms with Crippen LogP contribution in [-0.2, 0) is 32.7 Å². The molecule has 0 aliphatic heterocycles. The van der Waals surface area contributed by atoms with Crippen molar-refractivity contribution in [2.24, 2.45) is 5.73 Å². The Kier molecular flexibility index (Phi) is 21.8. The molecule has 0 saturated carbocycles. The predicted molar refractivity (Wildman–Crippen MR) is 132 cm³/mol. The molecule has 3 N–H and O–H groups in total. The molecule has 2 atom stereocenters.